The third-order valence-corrected chi connectivity index (χ3v) is 4.98. The molecule has 0 aliphatic carbocycles. The molecule has 6 nitrogen and oxygen atoms in total. The zero-order valence-corrected chi connectivity index (χ0v) is 10.7. The summed E-state index contributed by atoms with van der Waals surface area (Å²) in [4.78, 5) is 11.8. The molecule has 2 saturated heterocycles. The second-order valence-electron chi connectivity index (χ2n) is 4.70. The van der Waals surface area contributed by atoms with Gasteiger partial charge in [-0.2, -0.15) is 0 Å². The molecule has 2 bridgehead atoms. The zero-order chi connectivity index (χ0) is 12.5. The van der Waals surface area contributed by atoms with Crippen molar-refractivity contribution in [2.75, 3.05) is 19.3 Å². The molecule has 0 saturated carbocycles. The number of hydrogen-bond acceptors (Lipinski definition) is 4. The molecule has 0 aromatic rings. The lowest BCUT2D eigenvalue weighted by molar-refractivity contribution is -0.125. The lowest BCUT2D eigenvalue weighted by Crippen LogP contribution is -2.40. The van der Waals surface area contributed by atoms with E-state index >= 15 is 0 Å². The largest absolute Gasteiger partial charge is 0.355 e. The Balaban J connectivity index is 1.75. The van der Waals surface area contributed by atoms with Gasteiger partial charge in [-0.3, -0.25) is 4.79 Å². The van der Waals surface area contributed by atoms with Crippen LogP contribution in [0.1, 0.15) is 19.3 Å². The summed E-state index contributed by atoms with van der Waals surface area (Å²) in [5.74, 6) is -0.0641. The van der Waals surface area contributed by atoms with Gasteiger partial charge < -0.3 is 10.6 Å². The van der Waals surface area contributed by atoms with Crippen molar-refractivity contribution in [3.8, 4) is 0 Å². The van der Waals surface area contributed by atoms with Crippen molar-refractivity contribution in [2.24, 2.45) is 5.92 Å². The van der Waals surface area contributed by atoms with Gasteiger partial charge in [0.25, 0.3) is 0 Å². The lowest BCUT2D eigenvalue weighted by Gasteiger charge is -2.19. The van der Waals surface area contributed by atoms with Gasteiger partial charge >= 0.3 is 0 Å². The number of fused-ring (bicyclic) bond motifs is 2. The van der Waals surface area contributed by atoms with Crippen molar-refractivity contribution in [3.63, 3.8) is 0 Å². The van der Waals surface area contributed by atoms with E-state index in [1.54, 1.807) is 0 Å². The van der Waals surface area contributed by atoms with Crippen molar-refractivity contribution in [2.45, 2.75) is 31.3 Å². The second kappa shape index (κ2) is 4.91. The van der Waals surface area contributed by atoms with Crippen LogP contribution in [0.3, 0.4) is 0 Å². The van der Waals surface area contributed by atoms with Gasteiger partial charge in [0.2, 0.25) is 15.9 Å². The van der Waals surface area contributed by atoms with Crippen LogP contribution in [-0.4, -0.2) is 45.8 Å². The maximum absolute atomic E-state index is 11.8. The first-order valence-corrected chi connectivity index (χ1v) is 7.62. The maximum Gasteiger partial charge on any atom is 0.224 e. The van der Waals surface area contributed by atoms with Crippen LogP contribution in [0.25, 0.3) is 0 Å². The van der Waals surface area contributed by atoms with Gasteiger partial charge in [-0.25, -0.2) is 13.1 Å². The fourth-order valence-electron chi connectivity index (χ4n) is 2.66. The van der Waals surface area contributed by atoms with E-state index in [1.807, 2.05) is 0 Å². The molecule has 3 unspecified atom stereocenters. The van der Waals surface area contributed by atoms with Gasteiger partial charge in [0, 0.05) is 18.6 Å². The zero-order valence-electron chi connectivity index (χ0n) is 9.90. The molecule has 0 aromatic heterocycles. The van der Waals surface area contributed by atoms with Gasteiger partial charge in [0.1, 0.15) is 0 Å². The Morgan fingerprint density at radius 2 is 2.18 bits per heavy atom. The third kappa shape index (κ3) is 2.97. The first-order chi connectivity index (χ1) is 8.02. The summed E-state index contributed by atoms with van der Waals surface area (Å²) in [5, 5.41) is 6.09. The summed E-state index contributed by atoms with van der Waals surface area (Å²) < 4.78 is 24.5. The van der Waals surface area contributed by atoms with Crippen molar-refractivity contribution < 1.29 is 13.2 Å². The number of hydrogen-bond donors (Lipinski definition) is 3. The third-order valence-electron chi connectivity index (χ3n) is 3.62. The summed E-state index contributed by atoms with van der Waals surface area (Å²) in [6.45, 7) is 0.176. The molecular formula is C10H19N3O3S. The first-order valence-electron chi connectivity index (χ1n) is 5.97. The SMILES string of the molecule is CNS(=O)(=O)CCNC(=O)C1CC2CCC1N2. The fraction of sp³-hybridized carbons (Fsp3) is 0.900. The van der Waals surface area contributed by atoms with Crippen LogP contribution in [-0.2, 0) is 14.8 Å². The smallest absolute Gasteiger partial charge is 0.224 e. The molecule has 0 radical (unpaired) electrons. The molecule has 17 heavy (non-hydrogen) atoms. The Kier molecular flexibility index (Phi) is 3.70. The predicted molar refractivity (Wildman–Crippen MR) is 63.9 cm³/mol. The minimum absolute atomic E-state index is 0.0176. The monoisotopic (exact) mass is 261 g/mol. The molecule has 3 N–H and O–H groups in total. The highest BCUT2D eigenvalue weighted by Gasteiger charge is 2.42. The number of carbonyl (C=O) groups excluding carboxylic acids is 1. The predicted octanol–water partition coefficient (Wildman–Crippen LogP) is -1.21. The van der Waals surface area contributed by atoms with Crippen molar-refractivity contribution >= 4 is 15.9 Å². The van der Waals surface area contributed by atoms with E-state index in [9.17, 15) is 13.2 Å². The summed E-state index contributed by atoms with van der Waals surface area (Å²) in [6.07, 6.45) is 3.09. The van der Waals surface area contributed by atoms with E-state index in [0.717, 1.165) is 19.3 Å². The minimum atomic E-state index is -3.23. The molecule has 7 heteroatoms. The van der Waals surface area contributed by atoms with Gasteiger partial charge in [0.05, 0.1) is 11.7 Å². The van der Waals surface area contributed by atoms with E-state index < -0.39 is 10.0 Å². The van der Waals surface area contributed by atoms with E-state index in [4.69, 9.17) is 0 Å². The summed E-state index contributed by atoms with van der Waals surface area (Å²) in [7, 11) is -1.86. The van der Waals surface area contributed by atoms with Gasteiger partial charge in [-0.05, 0) is 26.3 Å². The van der Waals surface area contributed by atoms with Crippen LogP contribution in [0, 0.1) is 5.92 Å². The van der Waals surface area contributed by atoms with Crippen molar-refractivity contribution in [3.05, 3.63) is 0 Å². The number of carbonyl (C=O) groups is 1. The Bertz CT molecular complexity index is 396. The highest BCUT2D eigenvalue weighted by Crippen LogP contribution is 2.33. The first kappa shape index (κ1) is 12.8. The number of amides is 1. The molecule has 2 rings (SSSR count). The molecule has 3 atom stereocenters. The molecule has 2 aliphatic heterocycles. The van der Waals surface area contributed by atoms with Crippen LogP contribution in [0.15, 0.2) is 0 Å². The summed E-state index contributed by atoms with van der Waals surface area (Å²) in [5.41, 5.74) is 0. The van der Waals surface area contributed by atoms with E-state index in [-0.39, 0.29) is 24.1 Å². The molecule has 0 spiro atoms. The standard InChI is InChI=1S/C10H19N3O3S/c1-11-17(15,16)5-4-12-10(14)8-6-7-2-3-9(8)13-7/h7-9,11,13H,2-6H2,1H3,(H,12,14). The average Bonchev–Trinajstić information content (AvgIpc) is 2.90. The van der Waals surface area contributed by atoms with Crippen LogP contribution >= 0.6 is 0 Å². The quantitative estimate of drug-likeness (QED) is 0.580. The molecule has 2 fully saturated rings. The molecule has 2 aliphatic rings. The molecule has 1 amide bonds. The normalized spacial score (nSPS) is 31.7. The van der Waals surface area contributed by atoms with E-state index in [0.29, 0.717) is 12.1 Å². The molecule has 0 aromatic carbocycles. The van der Waals surface area contributed by atoms with Crippen LogP contribution < -0.4 is 15.4 Å². The van der Waals surface area contributed by atoms with E-state index in [2.05, 4.69) is 15.4 Å². The highest BCUT2D eigenvalue weighted by atomic mass is 32.2. The van der Waals surface area contributed by atoms with Gasteiger partial charge in [-0.15, -0.1) is 0 Å². The summed E-state index contributed by atoms with van der Waals surface area (Å²) >= 11 is 0. The Morgan fingerprint density at radius 1 is 1.41 bits per heavy atom. The maximum atomic E-state index is 11.8. The molecular weight excluding hydrogens is 242 g/mol. The van der Waals surface area contributed by atoms with Crippen molar-refractivity contribution in [1.82, 2.24) is 15.4 Å². The van der Waals surface area contributed by atoms with E-state index in [1.165, 1.54) is 7.05 Å². The summed E-state index contributed by atoms with van der Waals surface area (Å²) in [6, 6.07) is 0.776. The molecule has 2 heterocycles. The second-order valence-corrected chi connectivity index (χ2v) is 6.75. The topological polar surface area (TPSA) is 87.3 Å². The highest BCUT2D eigenvalue weighted by molar-refractivity contribution is 7.89. The van der Waals surface area contributed by atoms with Gasteiger partial charge in [0.15, 0.2) is 0 Å². The van der Waals surface area contributed by atoms with Crippen molar-refractivity contribution in [1.29, 1.82) is 0 Å². The lowest BCUT2D eigenvalue weighted by atomic mass is 9.88. The Hall–Kier alpha value is -0.660. The van der Waals surface area contributed by atoms with Gasteiger partial charge in [-0.1, -0.05) is 0 Å². The van der Waals surface area contributed by atoms with Crippen LogP contribution in [0.4, 0.5) is 0 Å². The number of nitrogens with one attached hydrogen (secondary N) is 3. The van der Waals surface area contributed by atoms with Crippen LogP contribution in [0.5, 0.6) is 0 Å². The molecule has 98 valence electrons. The Morgan fingerprint density at radius 3 is 2.71 bits per heavy atom. The minimum Gasteiger partial charge on any atom is -0.355 e. The Labute approximate surface area is 102 Å². The fourth-order valence-corrected chi connectivity index (χ4v) is 3.23. The van der Waals surface area contributed by atoms with Crippen LogP contribution in [0.2, 0.25) is 0 Å². The number of sulfonamides is 1. The number of rotatable bonds is 5. The average molecular weight is 261 g/mol.